The number of fused-ring (bicyclic) bond motifs is 6. The Morgan fingerprint density at radius 2 is 1.00 bits per heavy atom. The van der Waals surface area contributed by atoms with Crippen LogP contribution in [0.5, 0.6) is 0 Å². The predicted molar refractivity (Wildman–Crippen MR) is 249 cm³/mol. The molecule has 0 N–H and O–H groups in total. The number of para-hydroxylation sites is 2. The van der Waals surface area contributed by atoms with Gasteiger partial charge in [-0.15, -0.1) is 0 Å². The molecule has 0 aliphatic rings. The van der Waals surface area contributed by atoms with Crippen LogP contribution in [-0.2, 0) is 0 Å². The lowest BCUT2D eigenvalue weighted by molar-refractivity contribution is 1.10. The maximum absolute atomic E-state index is 10.2. The molecule has 8 nitrogen and oxygen atoms in total. The molecule has 0 unspecified atom stereocenters. The van der Waals surface area contributed by atoms with E-state index in [-0.39, 0.29) is 0 Å². The van der Waals surface area contributed by atoms with Crippen LogP contribution in [0.3, 0.4) is 0 Å². The summed E-state index contributed by atoms with van der Waals surface area (Å²) in [4.78, 5) is 11.5. The van der Waals surface area contributed by atoms with Crippen LogP contribution in [0, 0.1) is 60.6 Å². The fourth-order valence-corrected chi connectivity index (χ4v) is 8.93. The zero-order valence-corrected chi connectivity index (χ0v) is 33.5. The molecule has 0 radical (unpaired) electrons. The summed E-state index contributed by atoms with van der Waals surface area (Å²) in [6.45, 7) is 26.1. The van der Waals surface area contributed by atoms with Crippen LogP contribution in [-0.4, -0.2) is 9.13 Å². The Morgan fingerprint density at radius 3 is 1.60 bits per heavy atom. The van der Waals surface area contributed by atoms with Gasteiger partial charge in [-0.3, -0.25) is 0 Å². The van der Waals surface area contributed by atoms with Gasteiger partial charge in [-0.2, -0.15) is 15.8 Å². The standard InChI is InChI=1S/C55H28N8/c1-33-21-35(31-57)23-38(22-33)47-28-54(62-50-11-7-5-9-43(50)46-19-15-37(27-53(46)62)42-17-13-34(30-56)24-48(42)60-3)55(29-49(47)61-4)63-51-12-8-6-10-44(51)45-18-14-36(26-52(45)63)41-20-16-40(59-2)25-39(41)32-58/h5-29H,1H3. The van der Waals surface area contributed by atoms with Crippen LogP contribution in [0.1, 0.15) is 22.3 Å². The molecule has 0 aliphatic carbocycles. The van der Waals surface area contributed by atoms with Crippen LogP contribution in [0.15, 0.2) is 152 Å². The zero-order chi connectivity index (χ0) is 43.4. The maximum Gasteiger partial charge on any atom is 0.197 e. The molecule has 8 aromatic carbocycles. The molecule has 0 saturated heterocycles. The van der Waals surface area contributed by atoms with Crippen molar-refractivity contribution in [3.05, 3.63) is 208 Å². The SMILES string of the molecule is [C-]#[N+]c1ccc(-c2ccc3c4ccccc4n(-c4cc([N+]#[C-])c(-c5cc(C)cc(C#N)c5)cc4-n4c5ccccc5c5ccc(-c6ccc(C#N)cc6[N+]#[C-])cc54)c3c2)c(C#N)c1. The van der Waals surface area contributed by atoms with Crippen molar-refractivity contribution >= 4 is 60.7 Å². The van der Waals surface area contributed by atoms with Crippen molar-refractivity contribution < 1.29 is 0 Å². The molecule has 63 heavy (non-hydrogen) atoms. The van der Waals surface area contributed by atoms with Gasteiger partial charge in [0.15, 0.2) is 17.1 Å². The summed E-state index contributed by atoms with van der Waals surface area (Å²) < 4.78 is 4.39. The van der Waals surface area contributed by atoms with E-state index >= 15 is 0 Å². The Kier molecular flexibility index (Phi) is 8.85. The second-order valence-electron chi connectivity index (χ2n) is 15.2. The molecule has 2 heterocycles. The minimum absolute atomic E-state index is 0.373. The predicted octanol–water partition coefficient (Wildman–Crippen LogP) is 14.5. The molecule has 10 aromatic rings. The largest absolute Gasteiger partial charge is 0.308 e. The third kappa shape index (κ3) is 6.02. The fraction of sp³-hybridized carbons (Fsp3) is 0.0182. The van der Waals surface area contributed by atoms with Gasteiger partial charge in [-0.1, -0.05) is 84.9 Å². The lowest BCUT2D eigenvalue weighted by Gasteiger charge is -2.20. The number of nitrogens with zero attached hydrogens (tertiary/aromatic N) is 8. The quantitative estimate of drug-likeness (QED) is 0.162. The topological polar surface area (TPSA) is 94.3 Å². The van der Waals surface area contributed by atoms with Gasteiger partial charge in [0.1, 0.15) is 0 Å². The number of hydrogen-bond donors (Lipinski definition) is 0. The van der Waals surface area contributed by atoms with Crippen LogP contribution < -0.4 is 0 Å². The average molecular weight is 801 g/mol. The van der Waals surface area contributed by atoms with Crippen LogP contribution in [0.2, 0.25) is 0 Å². The molecular formula is C55H28N8. The molecule has 0 saturated carbocycles. The second-order valence-corrected chi connectivity index (χ2v) is 15.2. The van der Waals surface area contributed by atoms with Gasteiger partial charge >= 0.3 is 0 Å². The minimum atomic E-state index is 0.373. The van der Waals surface area contributed by atoms with E-state index in [1.165, 1.54) is 0 Å². The summed E-state index contributed by atoms with van der Waals surface area (Å²) >= 11 is 0. The van der Waals surface area contributed by atoms with Crippen molar-refractivity contribution in [3.63, 3.8) is 0 Å². The second kappa shape index (κ2) is 14.8. The molecule has 0 bridgehead atoms. The molecule has 0 aliphatic heterocycles. The van der Waals surface area contributed by atoms with Gasteiger partial charge in [0, 0.05) is 32.7 Å². The van der Waals surface area contributed by atoms with E-state index in [0.29, 0.717) is 50.4 Å². The van der Waals surface area contributed by atoms with Gasteiger partial charge in [0.25, 0.3) is 0 Å². The molecule has 2 aromatic heterocycles. The van der Waals surface area contributed by atoms with Crippen molar-refractivity contribution in [1.29, 1.82) is 15.8 Å². The molecule has 0 spiro atoms. The average Bonchev–Trinajstić information content (AvgIpc) is 3.84. The lowest BCUT2D eigenvalue weighted by Crippen LogP contribution is -2.04. The minimum Gasteiger partial charge on any atom is -0.308 e. The number of benzene rings is 8. The molecule has 8 heteroatoms. The van der Waals surface area contributed by atoms with Gasteiger partial charge in [-0.05, 0) is 113 Å². The van der Waals surface area contributed by atoms with Gasteiger partial charge in [-0.25, -0.2) is 14.5 Å². The van der Waals surface area contributed by atoms with E-state index in [0.717, 1.165) is 77.2 Å². The molecule has 0 fully saturated rings. The highest BCUT2D eigenvalue weighted by Gasteiger charge is 2.24. The Bertz CT molecular complexity index is 3890. The molecule has 10 rings (SSSR count). The molecule has 0 atom stereocenters. The summed E-state index contributed by atoms with van der Waals surface area (Å²) in [7, 11) is 0. The number of aromatic nitrogens is 2. The van der Waals surface area contributed by atoms with Crippen molar-refractivity contribution in [1.82, 2.24) is 9.13 Å². The van der Waals surface area contributed by atoms with E-state index in [2.05, 4.69) is 90.4 Å². The van der Waals surface area contributed by atoms with E-state index in [9.17, 15) is 15.8 Å². The summed E-state index contributed by atoms with van der Waals surface area (Å²) in [5, 5.41) is 33.8. The summed E-state index contributed by atoms with van der Waals surface area (Å²) in [5.41, 5.74) is 12.7. The first-order valence-electron chi connectivity index (χ1n) is 19.8. The van der Waals surface area contributed by atoms with Crippen molar-refractivity contribution in [2.24, 2.45) is 0 Å². The first-order valence-corrected chi connectivity index (χ1v) is 19.8. The normalized spacial score (nSPS) is 10.8. The highest BCUT2D eigenvalue weighted by molar-refractivity contribution is 6.13. The first-order chi connectivity index (χ1) is 30.9. The number of nitriles is 3. The van der Waals surface area contributed by atoms with E-state index in [4.69, 9.17) is 19.7 Å². The number of rotatable bonds is 5. The van der Waals surface area contributed by atoms with Crippen molar-refractivity contribution in [2.75, 3.05) is 0 Å². The van der Waals surface area contributed by atoms with Crippen molar-refractivity contribution in [3.8, 4) is 63.0 Å². The molecular weight excluding hydrogens is 773 g/mol. The fourth-order valence-electron chi connectivity index (χ4n) is 8.93. The molecule has 0 amide bonds. The Labute approximate surface area is 362 Å². The van der Waals surface area contributed by atoms with E-state index in [1.807, 2.05) is 85.8 Å². The van der Waals surface area contributed by atoms with Crippen LogP contribution in [0.25, 0.3) is 103 Å². The van der Waals surface area contributed by atoms with Crippen LogP contribution in [0.4, 0.5) is 17.1 Å². The highest BCUT2D eigenvalue weighted by Crippen LogP contribution is 2.45. The summed E-state index contributed by atoms with van der Waals surface area (Å²) in [6.07, 6.45) is 0. The van der Waals surface area contributed by atoms with E-state index < -0.39 is 0 Å². The zero-order valence-electron chi connectivity index (χ0n) is 33.5. The number of aryl methyl sites for hydroxylation is 1. The smallest absolute Gasteiger partial charge is 0.197 e. The Morgan fingerprint density at radius 1 is 0.429 bits per heavy atom. The summed E-state index contributed by atoms with van der Waals surface area (Å²) in [6, 6.07) is 55.3. The van der Waals surface area contributed by atoms with Crippen molar-refractivity contribution in [2.45, 2.75) is 6.92 Å². The van der Waals surface area contributed by atoms with Gasteiger partial charge in [0.05, 0.1) is 76.9 Å². The lowest BCUT2D eigenvalue weighted by atomic mass is 9.97. The Balaban J connectivity index is 1.36. The maximum atomic E-state index is 10.2. The number of hydrogen-bond acceptors (Lipinski definition) is 3. The van der Waals surface area contributed by atoms with Gasteiger partial charge < -0.3 is 9.13 Å². The highest BCUT2D eigenvalue weighted by atomic mass is 15.1. The Hall–Kier alpha value is -9.70. The third-order valence-corrected chi connectivity index (χ3v) is 11.7. The van der Waals surface area contributed by atoms with E-state index in [1.54, 1.807) is 24.3 Å². The van der Waals surface area contributed by atoms with Gasteiger partial charge in [0.2, 0.25) is 0 Å². The third-order valence-electron chi connectivity index (χ3n) is 11.7. The van der Waals surface area contributed by atoms with Crippen LogP contribution >= 0.6 is 0 Å². The first kappa shape index (κ1) is 37.6. The summed E-state index contributed by atoms with van der Waals surface area (Å²) in [5.74, 6) is 0. The monoisotopic (exact) mass is 800 g/mol. The molecule has 288 valence electrons.